The molecule has 0 radical (unpaired) electrons. The molecule has 3 aromatic carbocycles. The Morgan fingerprint density at radius 3 is 2.55 bits per heavy atom. The van der Waals surface area contributed by atoms with Gasteiger partial charge in [0.1, 0.15) is 19.0 Å². The van der Waals surface area contributed by atoms with Crippen molar-refractivity contribution in [1.29, 1.82) is 0 Å². The summed E-state index contributed by atoms with van der Waals surface area (Å²) in [6.07, 6.45) is 1.71. The normalized spacial score (nSPS) is 12.2. The lowest BCUT2D eigenvalue weighted by Gasteiger charge is -2.19. The van der Waals surface area contributed by atoms with Gasteiger partial charge in [0.05, 0.1) is 0 Å². The fourth-order valence-corrected chi connectivity index (χ4v) is 3.48. The standard InChI is InChI=1S/C26H22N4O3/c1-17-5-7-18(8-6-17)25-27-12-11-24(30-25)28-20-4-2-3-19(15-20)26(31)29-21-9-10-22-23(16-21)33-14-13-32-22/h2-12,15-16H,13-14H2,1H3,(H,29,31)(H,27,28,30). The van der Waals surface area contributed by atoms with Crippen LogP contribution in [0, 0.1) is 6.92 Å². The summed E-state index contributed by atoms with van der Waals surface area (Å²) in [7, 11) is 0. The number of nitrogens with one attached hydrogen (secondary N) is 2. The van der Waals surface area contributed by atoms with E-state index < -0.39 is 0 Å². The second kappa shape index (κ2) is 9.00. The zero-order valence-corrected chi connectivity index (χ0v) is 18.0. The molecule has 7 nitrogen and oxygen atoms in total. The number of hydrogen-bond donors (Lipinski definition) is 2. The molecule has 0 unspecified atom stereocenters. The highest BCUT2D eigenvalue weighted by Gasteiger charge is 2.14. The second-order valence-corrected chi connectivity index (χ2v) is 7.65. The first kappa shape index (κ1) is 20.5. The van der Waals surface area contributed by atoms with Gasteiger partial charge in [0, 0.05) is 34.8 Å². The maximum atomic E-state index is 12.8. The third-order valence-electron chi connectivity index (χ3n) is 5.16. The lowest BCUT2D eigenvalue weighted by atomic mass is 10.1. The Labute approximate surface area is 191 Å². The van der Waals surface area contributed by atoms with Gasteiger partial charge < -0.3 is 20.1 Å². The Morgan fingerprint density at radius 1 is 0.879 bits per heavy atom. The minimum Gasteiger partial charge on any atom is -0.486 e. The van der Waals surface area contributed by atoms with E-state index in [4.69, 9.17) is 9.47 Å². The number of nitrogens with zero attached hydrogens (tertiary/aromatic N) is 2. The fraction of sp³-hybridized carbons (Fsp3) is 0.115. The highest BCUT2D eigenvalue weighted by Crippen LogP contribution is 2.32. The minimum atomic E-state index is -0.224. The Hall–Kier alpha value is -4.39. The van der Waals surface area contributed by atoms with Gasteiger partial charge in [0.25, 0.3) is 5.91 Å². The van der Waals surface area contributed by atoms with Gasteiger partial charge >= 0.3 is 0 Å². The number of hydrogen-bond acceptors (Lipinski definition) is 6. The van der Waals surface area contributed by atoms with E-state index >= 15 is 0 Å². The molecule has 2 heterocycles. The molecule has 1 aliphatic rings. The topological polar surface area (TPSA) is 85.4 Å². The van der Waals surface area contributed by atoms with Crippen LogP contribution in [-0.2, 0) is 0 Å². The molecule has 0 atom stereocenters. The molecule has 0 saturated carbocycles. The monoisotopic (exact) mass is 438 g/mol. The average molecular weight is 438 g/mol. The van der Waals surface area contributed by atoms with Gasteiger partial charge in [0.15, 0.2) is 17.3 Å². The van der Waals surface area contributed by atoms with Crippen LogP contribution in [0.1, 0.15) is 15.9 Å². The molecule has 1 aliphatic heterocycles. The molecular weight excluding hydrogens is 416 g/mol. The van der Waals surface area contributed by atoms with E-state index in [9.17, 15) is 4.79 Å². The van der Waals surface area contributed by atoms with Crippen LogP contribution in [0.15, 0.2) is 79.0 Å². The van der Waals surface area contributed by atoms with Crippen molar-refractivity contribution in [2.75, 3.05) is 23.8 Å². The number of benzene rings is 3. The van der Waals surface area contributed by atoms with Crippen LogP contribution in [-0.4, -0.2) is 29.1 Å². The number of aryl methyl sites for hydroxylation is 1. The van der Waals surface area contributed by atoms with Crippen molar-refractivity contribution in [1.82, 2.24) is 9.97 Å². The average Bonchev–Trinajstić information content (AvgIpc) is 2.85. The van der Waals surface area contributed by atoms with Crippen LogP contribution in [0.25, 0.3) is 11.4 Å². The molecule has 164 valence electrons. The van der Waals surface area contributed by atoms with E-state index in [-0.39, 0.29) is 5.91 Å². The maximum Gasteiger partial charge on any atom is 0.255 e. The van der Waals surface area contributed by atoms with Gasteiger partial charge in [-0.3, -0.25) is 4.79 Å². The zero-order valence-electron chi connectivity index (χ0n) is 18.0. The van der Waals surface area contributed by atoms with Crippen LogP contribution in [0.2, 0.25) is 0 Å². The van der Waals surface area contributed by atoms with Crippen molar-refractivity contribution >= 4 is 23.1 Å². The SMILES string of the molecule is Cc1ccc(-c2nccc(Nc3cccc(C(=O)Nc4ccc5c(c4)OCCO5)c3)n2)cc1. The van der Waals surface area contributed by atoms with Crippen molar-refractivity contribution < 1.29 is 14.3 Å². The molecule has 33 heavy (non-hydrogen) atoms. The summed E-state index contributed by atoms with van der Waals surface area (Å²) in [6.45, 7) is 3.06. The molecule has 0 bridgehead atoms. The number of carbonyl (C=O) groups is 1. The Morgan fingerprint density at radius 2 is 1.70 bits per heavy atom. The first-order chi connectivity index (χ1) is 16.1. The number of aromatic nitrogens is 2. The van der Waals surface area contributed by atoms with Gasteiger partial charge in [-0.25, -0.2) is 9.97 Å². The number of anilines is 3. The summed E-state index contributed by atoms with van der Waals surface area (Å²) in [5.41, 5.74) is 4.03. The maximum absolute atomic E-state index is 12.8. The van der Waals surface area contributed by atoms with Gasteiger partial charge in [-0.15, -0.1) is 0 Å². The number of fused-ring (bicyclic) bond motifs is 1. The van der Waals surface area contributed by atoms with Gasteiger partial charge in [0.2, 0.25) is 0 Å². The summed E-state index contributed by atoms with van der Waals surface area (Å²) in [4.78, 5) is 21.8. The largest absolute Gasteiger partial charge is 0.486 e. The Kier molecular flexibility index (Phi) is 5.59. The second-order valence-electron chi connectivity index (χ2n) is 7.65. The number of ether oxygens (including phenoxy) is 2. The molecule has 7 heteroatoms. The van der Waals surface area contributed by atoms with E-state index in [1.807, 2.05) is 43.3 Å². The summed E-state index contributed by atoms with van der Waals surface area (Å²) in [6, 6.07) is 22.4. The van der Waals surface area contributed by atoms with Crippen molar-refractivity contribution in [3.63, 3.8) is 0 Å². The van der Waals surface area contributed by atoms with E-state index in [0.29, 0.717) is 47.6 Å². The van der Waals surface area contributed by atoms with Gasteiger partial charge in [-0.05, 0) is 43.3 Å². The Bertz CT molecular complexity index is 1310. The van der Waals surface area contributed by atoms with Crippen molar-refractivity contribution in [2.24, 2.45) is 0 Å². The van der Waals surface area contributed by atoms with Crippen LogP contribution in [0.4, 0.5) is 17.2 Å². The number of rotatable bonds is 5. The Balaban J connectivity index is 1.31. The van der Waals surface area contributed by atoms with Crippen LogP contribution in [0.3, 0.4) is 0 Å². The van der Waals surface area contributed by atoms with Crippen LogP contribution < -0.4 is 20.1 Å². The molecule has 1 amide bonds. The minimum absolute atomic E-state index is 0.224. The summed E-state index contributed by atoms with van der Waals surface area (Å²) in [5.74, 6) is 2.36. The molecule has 0 fully saturated rings. The first-order valence-electron chi connectivity index (χ1n) is 10.6. The third-order valence-corrected chi connectivity index (χ3v) is 5.16. The van der Waals surface area contributed by atoms with Crippen molar-refractivity contribution in [3.05, 3.63) is 90.1 Å². The molecule has 5 rings (SSSR count). The number of carbonyl (C=O) groups excluding carboxylic acids is 1. The highest BCUT2D eigenvalue weighted by atomic mass is 16.6. The first-order valence-corrected chi connectivity index (χ1v) is 10.6. The van der Waals surface area contributed by atoms with Crippen LogP contribution in [0.5, 0.6) is 11.5 Å². The molecule has 0 saturated heterocycles. The molecular formula is C26H22N4O3. The predicted molar refractivity (Wildman–Crippen MR) is 127 cm³/mol. The van der Waals surface area contributed by atoms with E-state index in [0.717, 1.165) is 11.3 Å². The zero-order chi connectivity index (χ0) is 22.6. The van der Waals surface area contributed by atoms with Crippen molar-refractivity contribution in [2.45, 2.75) is 6.92 Å². The van der Waals surface area contributed by atoms with Gasteiger partial charge in [-0.1, -0.05) is 35.9 Å². The van der Waals surface area contributed by atoms with Gasteiger partial charge in [-0.2, -0.15) is 0 Å². The van der Waals surface area contributed by atoms with Crippen molar-refractivity contribution in [3.8, 4) is 22.9 Å². The third kappa shape index (κ3) is 4.77. The molecule has 0 aliphatic carbocycles. The predicted octanol–water partition coefficient (Wildman–Crippen LogP) is 5.22. The quantitative estimate of drug-likeness (QED) is 0.444. The lowest BCUT2D eigenvalue weighted by Crippen LogP contribution is -2.16. The highest BCUT2D eigenvalue weighted by molar-refractivity contribution is 6.05. The van der Waals surface area contributed by atoms with E-state index in [2.05, 4.69) is 20.6 Å². The van der Waals surface area contributed by atoms with E-state index in [1.54, 1.807) is 42.6 Å². The fourth-order valence-electron chi connectivity index (χ4n) is 3.48. The molecule has 2 N–H and O–H groups in total. The lowest BCUT2D eigenvalue weighted by molar-refractivity contribution is 0.102. The summed E-state index contributed by atoms with van der Waals surface area (Å²) < 4.78 is 11.1. The smallest absolute Gasteiger partial charge is 0.255 e. The number of amides is 1. The molecule has 0 spiro atoms. The summed E-state index contributed by atoms with van der Waals surface area (Å²) in [5, 5.41) is 6.16. The van der Waals surface area contributed by atoms with Crippen LogP contribution >= 0.6 is 0 Å². The molecule has 4 aromatic rings. The van der Waals surface area contributed by atoms with E-state index in [1.165, 1.54) is 5.56 Å². The summed E-state index contributed by atoms with van der Waals surface area (Å²) >= 11 is 0. The molecule has 1 aromatic heterocycles.